The number of rotatable bonds is 4. The molecule has 0 unspecified atom stereocenters. The number of benzene rings is 1. The van der Waals surface area contributed by atoms with Crippen molar-refractivity contribution in [3.63, 3.8) is 0 Å². The standard InChI is InChI=1S/C15H14Cl2N2OS/c1-2-3-15(8-19-5-4-18-9-19)14(20)11-6-10(16)7-12(17)13(11)21-15/h2,4-7,9,14,20H,1,3,8H2/t14-,15-/m0/s1. The molecule has 2 atom stereocenters. The largest absolute Gasteiger partial charge is 0.387 e. The SMILES string of the molecule is C=CC[C@@]1(Cn2ccnc2)Sc2c(Cl)cc(Cl)cc2[C@@H]1O. The van der Waals surface area contributed by atoms with Crippen LogP contribution in [0.4, 0.5) is 0 Å². The van der Waals surface area contributed by atoms with Gasteiger partial charge in [0.05, 0.1) is 22.2 Å². The molecule has 0 saturated heterocycles. The minimum absolute atomic E-state index is 0.445. The summed E-state index contributed by atoms with van der Waals surface area (Å²) in [6.45, 7) is 4.45. The van der Waals surface area contributed by atoms with Gasteiger partial charge < -0.3 is 9.67 Å². The maximum atomic E-state index is 10.9. The Morgan fingerprint density at radius 3 is 2.95 bits per heavy atom. The predicted molar refractivity (Wildman–Crippen MR) is 87.1 cm³/mol. The van der Waals surface area contributed by atoms with E-state index in [2.05, 4.69) is 11.6 Å². The van der Waals surface area contributed by atoms with Gasteiger partial charge in [-0.1, -0.05) is 29.3 Å². The molecule has 3 rings (SSSR count). The lowest BCUT2D eigenvalue weighted by molar-refractivity contribution is 0.123. The molecule has 0 radical (unpaired) electrons. The van der Waals surface area contributed by atoms with Crippen molar-refractivity contribution < 1.29 is 5.11 Å². The summed E-state index contributed by atoms with van der Waals surface area (Å²) in [5.74, 6) is 0. The first-order valence-corrected chi connectivity index (χ1v) is 8.05. The zero-order valence-corrected chi connectivity index (χ0v) is 13.5. The molecule has 1 aliphatic heterocycles. The highest BCUT2D eigenvalue weighted by molar-refractivity contribution is 8.01. The van der Waals surface area contributed by atoms with E-state index in [1.165, 1.54) is 0 Å². The Balaban J connectivity index is 2.03. The van der Waals surface area contributed by atoms with Gasteiger partial charge in [0.1, 0.15) is 0 Å². The Kier molecular flexibility index (Phi) is 4.06. The lowest BCUT2D eigenvalue weighted by Gasteiger charge is -2.31. The van der Waals surface area contributed by atoms with Crippen molar-refractivity contribution >= 4 is 35.0 Å². The van der Waals surface area contributed by atoms with E-state index in [0.29, 0.717) is 23.0 Å². The third-order valence-corrected chi connectivity index (χ3v) is 5.85. The van der Waals surface area contributed by atoms with E-state index in [9.17, 15) is 5.11 Å². The van der Waals surface area contributed by atoms with E-state index >= 15 is 0 Å². The molecule has 110 valence electrons. The van der Waals surface area contributed by atoms with Crippen molar-refractivity contribution in [1.29, 1.82) is 0 Å². The van der Waals surface area contributed by atoms with Crippen molar-refractivity contribution in [3.8, 4) is 0 Å². The second-order valence-corrected chi connectivity index (χ2v) is 7.37. The van der Waals surface area contributed by atoms with Crippen LogP contribution in [0.15, 0.2) is 48.4 Å². The fourth-order valence-electron chi connectivity index (χ4n) is 2.70. The molecule has 21 heavy (non-hydrogen) atoms. The number of hydrogen-bond acceptors (Lipinski definition) is 3. The number of halogens is 2. The molecule has 1 aromatic carbocycles. The van der Waals surface area contributed by atoms with E-state index in [-0.39, 0.29) is 0 Å². The first-order chi connectivity index (χ1) is 10.1. The number of aliphatic hydroxyl groups is 1. The lowest BCUT2D eigenvalue weighted by Crippen LogP contribution is -2.33. The van der Waals surface area contributed by atoms with Crippen molar-refractivity contribution in [1.82, 2.24) is 9.55 Å². The monoisotopic (exact) mass is 340 g/mol. The van der Waals surface area contributed by atoms with Gasteiger partial charge in [-0.2, -0.15) is 0 Å². The van der Waals surface area contributed by atoms with E-state index in [1.807, 2.05) is 16.8 Å². The average Bonchev–Trinajstić information content (AvgIpc) is 3.01. The molecule has 0 amide bonds. The number of aliphatic hydroxyl groups excluding tert-OH is 1. The van der Waals surface area contributed by atoms with Crippen molar-refractivity contribution in [2.45, 2.75) is 28.7 Å². The Morgan fingerprint density at radius 2 is 2.29 bits per heavy atom. The molecule has 0 spiro atoms. The quantitative estimate of drug-likeness (QED) is 0.841. The van der Waals surface area contributed by atoms with Gasteiger partial charge in [-0.05, 0) is 24.1 Å². The van der Waals surface area contributed by atoms with Crippen molar-refractivity contribution in [3.05, 3.63) is 59.1 Å². The zero-order valence-electron chi connectivity index (χ0n) is 11.2. The maximum absolute atomic E-state index is 10.9. The summed E-state index contributed by atoms with van der Waals surface area (Å²) in [7, 11) is 0. The molecule has 0 saturated carbocycles. The van der Waals surface area contributed by atoms with Crippen LogP contribution < -0.4 is 0 Å². The second-order valence-electron chi connectivity index (χ2n) is 5.10. The third kappa shape index (κ3) is 2.61. The minimum atomic E-state index is -0.658. The van der Waals surface area contributed by atoms with E-state index < -0.39 is 10.9 Å². The minimum Gasteiger partial charge on any atom is -0.387 e. The van der Waals surface area contributed by atoms with Gasteiger partial charge in [-0.25, -0.2) is 4.98 Å². The molecule has 1 aromatic heterocycles. The summed E-state index contributed by atoms with van der Waals surface area (Å²) in [5, 5.41) is 12.0. The van der Waals surface area contributed by atoms with Gasteiger partial charge in [0.25, 0.3) is 0 Å². The molecule has 0 aliphatic carbocycles. The molecule has 3 nitrogen and oxygen atoms in total. The first kappa shape index (κ1) is 15.0. The number of aromatic nitrogens is 2. The van der Waals surface area contributed by atoms with Crippen LogP contribution in [0.3, 0.4) is 0 Å². The van der Waals surface area contributed by atoms with Gasteiger partial charge in [-0.15, -0.1) is 18.3 Å². The molecule has 1 aliphatic rings. The van der Waals surface area contributed by atoms with Gasteiger partial charge in [0.15, 0.2) is 0 Å². The van der Waals surface area contributed by atoms with Crippen LogP contribution in [0.25, 0.3) is 0 Å². The van der Waals surface area contributed by atoms with Crippen LogP contribution in [0.5, 0.6) is 0 Å². The highest BCUT2D eigenvalue weighted by atomic mass is 35.5. The molecule has 0 bridgehead atoms. The topological polar surface area (TPSA) is 38.0 Å². The van der Waals surface area contributed by atoms with E-state index in [1.54, 1.807) is 36.4 Å². The summed E-state index contributed by atoms with van der Waals surface area (Å²) in [6.07, 6.45) is 7.18. The molecule has 6 heteroatoms. The summed E-state index contributed by atoms with van der Waals surface area (Å²) >= 11 is 13.9. The Bertz CT molecular complexity index is 675. The summed E-state index contributed by atoms with van der Waals surface area (Å²) in [4.78, 5) is 4.96. The normalized spacial score (nSPS) is 24.0. The molecule has 0 fully saturated rings. The van der Waals surface area contributed by atoms with Gasteiger partial charge in [0.2, 0.25) is 0 Å². The zero-order chi connectivity index (χ0) is 15.0. The van der Waals surface area contributed by atoms with Crippen molar-refractivity contribution in [2.75, 3.05) is 0 Å². The van der Waals surface area contributed by atoms with Gasteiger partial charge in [0, 0.05) is 28.9 Å². The van der Waals surface area contributed by atoms with E-state index in [0.717, 1.165) is 10.5 Å². The van der Waals surface area contributed by atoms with Gasteiger partial charge in [-0.3, -0.25) is 0 Å². The molecular weight excluding hydrogens is 327 g/mol. The maximum Gasteiger partial charge on any atom is 0.0972 e. The van der Waals surface area contributed by atoms with Crippen LogP contribution in [0.1, 0.15) is 18.1 Å². The Morgan fingerprint density at radius 1 is 1.48 bits per heavy atom. The van der Waals surface area contributed by atoms with E-state index in [4.69, 9.17) is 23.2 Å². The number of allylic oxidation sites excluding steroid dienone is 1. The predicted octanol–water partition coefficient (Wildman–Crippen LogP) is 4.34. The van der Waals surface area contributed by atoms with Crippen LogP contribution in [0, 0.1) is 0 Å². The van der Waals surface area contributed by atoms with Crippen LogP contribution >= 0.6 is 35.0 Å². The highest BCUT2D eigenvalue weighted by Gasteiger charge is 2.47. The fourth-order valence-corrected chi connectivity index (χ4v) is 4.83. The number of hydrogen-bond donors (Lipinski definition) is 1. The lowest BCUT2D eigenvalue weighted by atomic mass is 9.92. The third-order valence-electron chi connectivity index (χ3n) is 3.63. The fraction of sp³-hybridized carbons (Fsp3) is 0.267. The number of nitrogens with zero attached hydrogens (tertiary/aromatic N) is 2. The van der Waals surface area contributed by atoms with Crippen LogP contribution in [-0.4, -0.2) is 19.4 Å². The summed E-state index contributed by atoms with van der Waals surface area (Å²) < 4.78 is 1.51. The van der Waals surface area contributed by atoms with Crippen molar-refractivity contribution in [2.24, 2.45) is 0 Å². The first-order valence-electron chi connectivity index (χ1n) is 6.48. The molecule has 2 heterocycles. The average molecular weight is 341 g/mol. The highest BCUT2D eigenvalue weighted by Crippen LogP contribution is 2.57. The Hall–Kier alpha value is -0.940. The van der Waals surface area contributed by atoms with Crippen LogP contribution in [-0.2, 0) is 6.54 Å². The van der Waals surface area contributed by atoms with Gasteiger partial charge >= 0.3 is 0 Å². The second kappa shape index (κ2) is 5.69. The molecular formula is C15H14Cl2N2OS. The number of fused-ring (bicyclic) bond motifs is 1. The summed E-state index contributed by atoms with van der Waals surface area (Å²) in [5.41, 5.74) is 0.791. The molecule has 2 aromatic rings. The number of imidazole rings is 1. The smallest absolute Gasteiger partial charge is 0.0972 e. The number of thioether (sulfide) groups is 1. The summed E-state index contributed by atoms with van der Waals surface area (Å²) in [6, 6.07) is 3.50. The van der Waals surface area contributed by atoms with Crippen LogP contribution in [0.2, 0.25) is 10.0 Å². The molecule has 1 N–H and O–H groups in total. The Labute approximate surface area is 137 Å².